The summed E-state index contributed by atoms with van der Waals surface area (Å²) in [5, 5.41) is 0. The lowest BCUT2D eigenvalue weighted by molar-refractivity contribution is -0.243. The molecule has 0 spiro atoms. The molecule has 0 bridgehead atoms. The number of fused-ring (bicyclic) bond motifs is 1. The van der Waals surface area contributed by atoms with E-state index in [2.05, 4.69) is 0 Å². The number of hydrogen-bond donors (Lipinski definition) is 0. The maximum atomic E-state index is 15.0. The molecular weight excluding hydrogens is 526 g/mol. The summed E-state index contributed by atoms with van der Waals surface area (Å²) in [6, 6.07) is 26.2. The third kappa shape index (κ3) is 4.86. The number of carbonyl (C=O) groups is 4. The van der Waals surface area contributed by atoms with Crippen molar-refractivity contribution in [3.63, 3.8) is 0 Å². The predicted octanol–water partition coefficient (Wildman–Crippen LogP) is 3.91. The van der Waals surface area contributed by atoms with Gasteiger partial charge in [0.05, 0.1) is 11.8 Å². The zero-order valence-corrected chi connectivity index (χ0v) is 23.2. The molecule has 0 aromatic heterocycles. The van der Waals surface area contributed by atoms with E-state index in [0.717, 1.165) is 11.1 Å². The summed E-state index contributed by atoms with van der Waals surface area (Å²) in [5.41, 5.74) is 1.50. The smallest absolute Gasteiger partial charge is 0.303 e. The normalized spacial score (nSPS) is 24.7. The van der Waals surface area contributed by atoms with E-state index in [4.69, 9.17) is 18.9 Å². The molecule has 1 saturated heterocycles. The lowest BCUT2D eigenvalue weighted by atomic mass is 9.70. The quantitative estimate of drug-likeness (QED) is 0.332. The van der Waals surface area contributed by atoms with Gasteiger partial charge in [0.25, 0.3) is 0 Å². The maximum absolute atomic E-state index is 15.0. The van der Waals surface area contributed by atoms with E-state index in [1.54, 1.807) is 13.0 Å². The van der Waals surface area contributed by atoms with Crippen LogP contribution in [0.15, 0.2) is 84.9 Å². The molecule has 2 aliphatic heterocycles. The van der Waals surface area contributed by atoms with Crippen LogP contribution in [0.3, 0.4) is 0 Å². The Balaban J connectivity index is 1.72. The number of anilines is 1. The molecule has 1 amide bonds. The fraction of sp³-hybridized carbons (Fsp3) is 0.312. The summed E-state index contributed by atoms with van der Waals surface area (Å²) in [6.07, 6.45) is -5.68. The summed E-state index contributed by atoms with van der Waals surface area (Å²) < 4.78 is 23.2. The van der Waals surface area contributed by atoms with E-state index < -0.39 is 54.0 Å². The number of rotatable bonds is 6. The largest absolute Gasteiger partial charge is 0.456 e. The van der Waals surface area contributed by atoms with Gasteiger partial charge in [0.15, 0.2) is 24.5 Å². The van der Waals surface area contributed by atoms with E-state index in [9.17, 15) is 14.4 Å². The molecule has 0 N–H and O–H groups in total. The molecule has 5 rings (SSSR count). The second-order valence-corrected chi connectivity index (χ2v) is 10.1. The fourth-order valence-corrected chi connectivity index (χ4v) is 5.96. The highest BCUT2D eigenvalue weighted by Crippen LogP contribution is 2.52. The molecule has 41 heavy (non-hydrogen) atoms. The van der Waals surface area contributed by atoms with Crippen LogP contribution in [0.2, 0.25) is 0 Å². The van der Waals surface area contributed by atoms with Crippen molar-refractivity contribution in [1.82, 2.24) is 0 Å². The van der Waals surface area contributed by atoms with Gasteiger partial charge in [0.2, 0.25) is 5.91 Å². The minimum atomic E-state index is -1.31. The van der Waals surface area contributed by atoms with Crippen LogP contribution in [0, 0.1) is 0 Å². The Bertz CT molecular complexity index is 1420. The van der Waals surface area contributed by atoms with Crippen LogP contribution in [0.5, 0.6) is 0 Å². The van der Waals surface area contributed by atoms with Gasteiger partial charge in [-0.2, -0.15) is 0 Å². The van der Waals surface area contributed by atoms with Gasteiger partial charge in [-0.15, -0.1) is 0 Å². The number of nitrogens with zero attached hydrogens (tertiary/aromatic N) is 1. The Hall–Kier alpha value is -4.50. The molecule has 3 aromatic carbocycles. The second kappa shape index (κ2) is 11.2. The molecule has 212 valence electrons. The third-order valence-corrected chi connectivity index (χ3v) is 7.43. The first kappa shape index (κ1) is 28.0. The van der Waals surface area contributed by atoms with Crippen LogP contribution in [-0.4, -0.2) is 54.5 Å². The van der Waals surface area contributed by atoms with Crippen molar-refractivity contribution in [2.75, 3.05) is 4.90 Å². The summed E-state index contributed by atoms with van der Waals surface area (Å²) in [5.74, 6) is -2.32. The molecule has 2 heterocycles. The van der Waals surface area contributed by atoms with Gasteiger partial charge < -0.3 is 18.9 Å². The number of esters is 3. The van der Waals surface area contributed by atoms with Gasteiger partial charge in [-0.25, -0.2) is 0 Å². The topological polar surface area (TPSA) is 108 Å². The number of amides is 1. The van der Waals surface area contributed by atoms with Crippen molar-refractivity contribution >= 4 is 29.5 Å². The first-order valence-electron chi connectivity index (χ1n) is 13.4. The first-order chi connectivity index (χ1) is 19.7. The van der Waals surface area contributed by atoms with Gasteiger partial charge in [-0.3, -0.25) is 24.1 Å². The molecule has 5 atom stereocenters. The zero-order chi connectivity index (χ0) is 29.3. The highest BCUT2D eigenvalue weighted by Gasteiger charge is 2.60. The minimum absolute atomic E-state index is 0.335. The molecule has 1 fully saturated rings. The van der Waals surface area contributed by atoms with Crippen molar-refractivity contribution in [2.45, 2.75) is 63.8 Å². The first-order valence-corrected chi connectivity index (χ1v) is 13.4. The van der Waals surface area contributed by atoms with E-state index in [0.29, 0.717) is 11.3 Å². The van der Waals surface area contributed by atoms with E-state index in [1.807, 2.05) is 78.9 Å². The molecule has 0 saturated carbocycles. The number of para-hydroxylation sites is 1. The van der Waals surface area contributed by atoms with Crippen LogP contribution in [0.25, 0.3) is 0 Å². The average molecular weight is 558 g/mol. The molecule has 2 aliphatic rings. The van der Waals surface area contributed by atoms with Crippen LogP contribution in [0.4, 0.5) is 5.69 Å². The van der Waals surface area contributed by atoms with E-state index >= 15 is 4.79 Å². The lowest BCUT2D eigenvalue weighted by Gasteiger charge is -2.46. The maximum Gasteiger partial charge on any atom is 0.303 e. The number of ether oxygens (including phenoxy) is 4. The average Bonchev–Trinajstić information content (AvgIpc) is 3.21. The summed E-state index contributed by atoms with van der Waals surface area (Å²) in [7, 11) is 0. The number of hydrogen-bond acceptors (Lipinski definition) is 8. The van der Waals surface area contributed by atoms with E-state index in [1.165, 1.54) is 25.7 Å². The van der Waals surface area contributed by atoms with Gasteiger partial charge >= 0.3 is 17.9 Å². The molecule has 0 radical (unpaired) electrons. The third-order valence-electron chi connectivity index (χ3n) is 7.43. The highest BCUT2D eigenvalue weighted by molar-refractivity contribution is 6.13. The molecule has 0 aliphatic carbocycles. The molecule has 0 unspecified atom stereocenters. The molecular formula is C32H31NO8. The Labute approximate surface area is 238 Å². The number of benzene rings is 3. The Morgan fingerprint density at radius 1 is 0.683 bits per heavy atom. The Morgan fingerprint density at radius 3 is 1.68 bits per heavy atom. The second-order valence-electron chi connectivity index (χ2n) is 10.1. The van der Waals surface area contributed by atoms with Crippen molar-refractivity contribution < 1.29 is 38.1 Å². The van der Waals surface area contributed by atoms with Crippen molar-refractivity contribution in [3.05, 3.63) is 102 Å². The zero-order valence-electron chi connectivity index (χ0n) is 23.2. The Kier molecular flexibility index (Phi) is 7.64. The fourth-order valence-electron chi connectivity index (χ4n) is 5.96. The Morgan fingerprint density at radius 2 is 1.15 bits per heavy atom. The molecule has 9 nitrogen and oxygen atoms in total. The van der Waals surface area contributed by atoms with Crippen molar-refractivity contribution in [2.24, 2.45) is 0 Å². The van der Waals surface area contributed by atoms with Crippen LogP contribution in [-0.2, 0) is 43.5 Å². The minimum Gasteiger partial charge on any atom is -0.456 e. The van der Waals surface area contributed by atoms with Gasteiger partial charge in [0.1, 0.15) is 5.41 Å². The van der Waals surface area contributed by atoms with Gasteiger partial charge in [0, 0.05) is 26.3 Å². The molecule has 3 aromatic rings. The molecule has 9 heteroatoms. The van der Waals surface area contributed by atoms with Crippen LogP contribution < -0.4 is 4.90 Å². The van der Waals surface area contributed by atoms with Gasteiger partial charge in [-0.05, 0) is 24.1 Å². The number of carbonyl (C=O) groups excluding carboxylic acids is 4. The summed E-state index contributed by atoms with van der Waals surface area (Å²) in [6.45, 7) is 5.28. The standard InChI is InChI=1S/C32H31NO8/c1-19-27(39-20(2)34)28(40-21(3)35)29(41-22(4)36)30(38-19)33-26-18-12-11-17-25(26)32(31(33)37,23-13-7-5-8-14-23)24-15-9-6-10-16-24/h5-19,27-30H,1-4H3/t19-,27-,28+,29+,30-/m0/s1. The monoisotopic (exact) mass is 557 g/mol. The summed E-state index contributed by atoms with van der Waals surface area (Å²) in [4.78, 5) is 53.1. The predicted molar refractivity (Wildman–Crippen MR) is 148 cm³/mol. The van der Waals surface area contributed by atoms with E-state index in [-0.39, 0.29) is 5.91 Å². The van der Waals surface area contributed by atoms with Crippen molar-refractivity contribution in [1.29, 1.82) is 0 Å². The summed E-state index contributed by atoms with van der Waals surface area (Å²) >= 11 is 0. The lowest BCUT2D eigenvalue weighted by Crippen LogP contribution is -2.66. The van der Waals surface area contributed by atoms with Crippen LogP contribution >= 0.6 is 0 Å². The van der Waals surface area contributed by atoms with Crippen molar-refractivity contribution in [3.8, 4) is 0 Å². The SMILES string of the molecule is CC(=O)O[C@@H]1[C@@H](OC(C)=O)[C@H](C)O[C@H](N2C(=O)C(c3ccccc3)(c3ccccc3)c3ccccc32)[C@@H]1OC(C)=O. The van der Waals surface area contributed by atoms with Crippen LogP contribution in [0.1, 0.15) is 44.4 Å². The highest BCUT2D eigenvalue weighted by atomic mass is 16.7. The van der Waals surface area contributed by atoms with Gasteiger partial charge in [-0.1, -0.05) is 78.9 Å².